The van der Waals surface area contributed by atoms with E-state index in [0.717, 1.165) is 11.3 Å². The van der Waals surface area contributed by atoms with E-state index in [9.17, 15) is 18.3 Å². The van der Waals surface area contributed by atoms with Gasteiger partial charge in [-0.15, -0.1) is 24.0 Å². The molecule has 8 nitrogen and oxygen atoms in total. The summed E-state index contributed by atoms with van der Waals surface area (Å²) < 4.78 is 44.0. The van der Waals surface area contributed by atoms with E-state index >= 15 is 0 Å². The van der Waals surface area contributed by atoms with Gasteiger partial charge in [-0.3, -0.25) is 9.67 Å². The fourth-order valence-corrected chi connectivity index (χ4v) is 3.43. The van der Waals surface area contributed by atoms with Gasteiger partial charge in [0, 0.05) is 71.4 Å². The Morgan fingerprint density at radius 2 is 1.97 bits per heavy atom. The predicted molar refractivity (Wildman–Crippen MR) is 128 cm³/mol. The standard InChI is InChI=1S/C20H32F3N7O.HI/c1-7-24-18(29(5)12-15-13-30(6)27-16(15)14(2)3)26-9-8-19(31,20(21,22)23)17-25-10-11-28(17)4;/h10-11,13-14,31H,7-9,12H2,1-6H3,(H,24,26);1H. The number of nitrogens with one attached hydrogen (secondary N) is 1. The van der Waals surface area contributed by atoms with Crippen LogP contribution in [0.4, 0.5) is 13.2 Å². The van der Waals surface area contributed by atoms with E-state index in [4.69, 9.17) is 0 Å². The van der Waals surface area contributed by atoms with Crippen LogP contribution in [-0.2, 0) is 26.2 Å². The number of guanidine groups is 1. The van der Waals surface area contributed by atoms with Crippen molar-refractivity contribution >= 4 is 29.9 Å². The van der Waals surface area contributed by atoms with Crippen molar-refractivity contribution < 1.29 is 18.3 Å². The number of aromatic nitrogens is 4. The molecule has 0 radical (unpaired) electrons. The first kappa shape index (κ1) is 28.2. The highest BCUT2D eigenvalue weighted by Crippen LogP contribution is 2.40. The van der Waals surface area contributed by atoms with Crippen LogP contribution in [0.2, 0.25) is 0 Å². The zero-order valence-electron chi connectivity index (χ0n) is 19.3. The molecule has 2 aromatic heterocycles. The summed E-state index contributed by atoms with van der Waals surface area (Å²) in [5, 5.41) is 18.1. The van der Waals surface area contributed by atoms with Crippen LogP contribution >= 0.6 is 24.0 Å². The van der Waals surface area contributed by atoms with Crippen molar-refractivity contribution in [3.63, 3.8) is 0 Å². The molecule has 1 unspecified atom stereocenters. The lowest BCUT2D eigenvalue weighted by molar-refractivity contribution is -0.272. The molecule has 1 atom stereocenters. The van der Waals surface area contributed by atoms with E-state index in [-0.39, 0.29) is 36.4 Å². The Labute approximate surface area is 203 Å². The van der Waals surface area contributed by atoms with Gasteiger partial charge in [0.2, 0.25) is 5.60 Å². The van der Waals surface area contributed by atoms with Gasteiger partial charge in [0.25, 0.3) is 0 Å². The Bertz CT molecular complexity index is 894. The number of hydrogen-bond acceptors (Lipinski definition) is 4. The van der Waals surface area contributed by atoms with Gasteiger partial charge in [0.1, 0.15) is 5.82 Å². The Hall–Kier alpha value is -1.83. The molecule has 0 saturated carbocycles. The normalized spacial score (nSPS) is 14.3. The van der Waals surface area contributed by atoms with Crippen LogP contribution in [0.15, 0.2) is 23.6 Å². The summed E-state index contributed by atoms with van der Waals surface area (Å²) in [5.74, 6) is 0.236. The molecule has 0 bridgehead atoms. The largest absolute Gasteiger partial charge is 0.424 e. The van der Waals surface area contributed by atoms with Crippen molar-refractivity contribution in [2.45, 2.75) is 51.4 Å². The lowest BCUT2D eigenvalue weighted by Gasteiger charge is -2.29. The first-order chi connectivity index (χ1) is 14.4. The summed E-state index contributed by atoms with van der Waals surface area (Å²) in [5.41, 5.74) is -1.10. The van der Waals surface area contributed by atoms with Crippen molar-refractivity contribution in [3.8, 4) is 0 Å². The average Bonchev–Trinajstić information content (AvgIpc) is 3.25. The minimum atomic E-state index is -4.88. The molecule has 0 aromatic carbocycles. The van der Waals surface area contributed by atoms with Crippen LogP contribution in [0.3, 0.4) is 0 Å². The van der Waals surface area contributed by atoms with Crippen LogP contribution in [0.25, 0.3) is 0 Å². The number of aliphatic hydroxyl groups is 1. The van der Waals surface area contributed by atoms with Gasteiger partial charge >= 0.3 is 6.18 Å². The third-order valence-electron chi connectivity index (χ3n) is 4.98. The van der Waals surface area contributed by atoms with Gasteiger partial charge < -0.3 is 19.9 Å². The molecule has 12 heteroatoms. The minimum Gasteiger partial charge on any atom is -0.374 e. The van der Waals surface area contributed by atoms with Gasteiger partial charge in [-0.25, -0.2) is 4.98 Å². The number of rotatable bonds is 8. The minimum absolute atomic E-state index is 0. The number of aryl methyl sites for hydroxylation is 2. The highest BCUT2D eigenvalue weighted by molar-refractivity contribution is 14.0. The predicted octanol–water partition coefficient (Wildman–Crippen LogP) is 3.13. The third kappa shape index (κ3) is 6.36. The molecule has 0 aliphatic carbocycles. The fourth-order valence-electron chi connectivity index (χ4n) is 3.43. The fraction of sp³-hybridized carbons (Fsp3) is 0.650. The smallest absolute Gasteiger partial charge is 0.374 e. The van der Waals surface area contributed by atoms with E-state index in [2.05, 4.69) is 34.2 Å². The quantitative estimate of drug-likeness (QED) is 0.289. The van der Waals surface area contributed by atoms with Crippen LogP contribution in [0.5, 0.6) is 0 Å². The molecule has 2 aromatic rings. The van der Waals surface area contributed by atoms with Crippen molar-refractivity contribution in [1.82, 2.24) is 29.5 Å². The van der Waals surface area contributed by atoms with E-state index < -0.39 is 24.0 Å². The molecule has 2 heterocycles. The Kier molecular flexibility index (Phi) is 10.00. The lowest BCUT2D eigenvalue weighted by Crippen LogP contribution is -2.45. The highest BCUT2D eigenvalue weighted by atomic mass is 127. The average molecular weight is 571 g/mol. The number of alkyl halides is 3. The summed E-state index contributed by atoms with van der Waals surface area (Å²) in [6.07, 6.45) is -0.998. The van der Waals surface area contributed by atoms with Crippen molar-refractivity contribution in [2.75, 3.05) is 20.1 Å². The van der Waals surface area contributed by atoms with Gasteiger partial charge in [-0.05, 0) is 12.8 Å². The monoisotopic (exact) mass is 571 g/mol. The molecule has 32 heavy (non-hydrogen) atoms. The number of aliphatic imine (C=N–C) groups is 1. The molecule has 0 saturated heterocycles. The van der Waals surface area contributed by atoms with Crippen molar-refractivity contribution in [3.05, 3.63) is 35.7 Å². The number of hydrogen-bond donors (Lipinski definition) is 2. The van der Waals surface area contributed by atoms with Gasteiger partial charge in [0.15, 0.2) is 5.96 Å². The van der Waals surface area contributed by atoms with Crippen molar-refractivity contribution in [2.24, 2.45) is 19.1 Å². The molecular weight excluding hydrogens is 538 g/mol. The van der Waals surface area contributed by atoms with Gasteiger partial charge in [0.05, 0.1) is 5.69 Å². The molecular formula is C20H33F3IN7O. The van der Waals surface area contributed by atoms with E-state index in [1.807, 2.05) is 32.1 Å². The Balaban J connectivity index is 0.00000512. The summed E-state index contributed by atoms with van der Waals surface area (Å²) in [7, 11) is 5.08. The summed E-state index contributed by atoms with van der Waals surface area (Å²) in [4.78, 5) is 9.89. The summed E-state index contributed by atoms with van der Waals surface area (Å²) in [6.45, 7) is 6.81. The van der Waals surface area contributed by atoms with Crippen LogP contribution in [-0.4, -0.2) is 61.6 Å². The third-order valence-corrected chi connectivity index (χ3v) is 4.98. The second kappa shape index (κ2) is 11.3. The maximum absolute atomic E-state index is 13.7. The maximum atomic E-state index is 13.7. The second-order valence-electron chi connectivity index (χ2n) is 7.93. The number of nitrogens with zero attached hydrogens (tertiary/aromatic N) is 6. The molecule has 0 aliphatic heterocycles. The number of imidazole rings is 1. The van der Waals surface area contributed by atoms with Gasteiger partial charge in [-0.2, -0.15) is 18.3 Å². The molecule has 182 valence electrons. The maximum Gasteiger partial charge on any atom is 0.424 e. The van der Waals surface area contributed by atoms with Gasteiger partial charge in [-0.1, -0.05) is 13.8 Å². The zero-order chi connectivity index (χ0) is 23.4. The first-order valence-electron chi connectivity index (χ1n) is 10.2. The van der Waals surface area contributed by atoms with Crippen LogP contribution in [0, 0.1) is 0 Å². The zero-order valence-corrected chi connectivity index (χ0v) is 21.6. The number of halogens is 4. The molecule has 0 fully saturated rings. The molecule has 2 rings (SSSR count). The molecule has 0 amide bonds. The van der Waals surface area contributed by atoms with E-state index in [0.29, 0.717) is 19.0 Å². The molecule has 2 N–H and O–H groups in total. The SMILES string of the molecule is CCNC(=NCCC(O)(c1nccn1C)C(F)(F)F)N(C)Cc1cn(C)nc1C(C)C.I. The summed E-state index contributed by atoms with van der Waals surface area (Å²) >= 11 is 0. The topological polar surface area (TPSA) is 83.5 Å². The Morgan fingerprint density at radius 3 is 2.47 bits per heavy atom. The molecule has 0 aliphatic rings. The molecule has 0 spiro atoms. The second-order valence-corrected chi connectivity index (χ2v) is 7.93. The first-order valence-corrected chi connectivity index (χ1v) is 10.2. The van der Waals surface area contributed by atoms with Crippen LogP contribution < -0.4 is 5.32 Å². The van der Waals surface area contributed by atoms with E-state index in [1.54, 1.807) is 4.68 Å². The lowest BCUT2D eigenvalue weighted by atomic mass is 9.98. The summed E-state index contributed by atoms with van der Waals surface area (Å²) in [6, 6.07) is 0. The van der Waals surface area contributed by atoms with Crippen molar-refractivity contribution in [1.29, 1.82) is 0 Å². The Morgan fingerprint density at radius 1 is 1.31 bits per heavy atom. The van der Waals surface area contributed by atoms with Crippen LogP contribution in [0.1, 0.15) is 50.2 Å². The highest BCUT2D eigenvalue weighted by Gasteiger charge is 2.57. The van der Waals surface area contributed by atoms with E-state index in [1.165, 1.54) is 24.0 Å².